The van der Waals surface area contributed by atoms with E-state index in [-0.39, 0.29) is 34.6 Å². The average Bonchev–Trinajstić information content (AvgIpc) is 3.03. The third kappa shape index (κ3) is 2.70. The zero-order valence-corrected chi connectivity index (χ0v) is 14.2. The lowest BCUT2D eigenvalue weighted by atomic mass is 9.92. The van der Waals surface area contributed by atoms with E-state index in [4.69, 9.17) is 16.7 Å². The van der Waals surface area contributed by atoms with Gasteiger partial charge in [-0.1, -0.05) is 11.6 Å². The van der Waals surface area contributed by atoms with E-state index < -0.39 is 12.0 Å². The van der Waals surface area contributed by atoms with Crippen LogP contribution in [0.15, 0.2) is 45.2 Å². The van der Waals surface area contributed by atoms with Crippen molar-refractivity contribution in [2.24, 2.45) is 0 Å². The lowest BCUT2D eigenvalue weighted by molar-refractivity contribution is -0.136. The molecule has 2 aliphatic rings. The van der Waals surface area contributed by atoms with E-state index in [1.807, 2.05) is 0 Å². The van der Waals surface area contributed by atoms with Crippen LogP contribution in [0.3, 0.4) is 0 Å². The van der Waals surface area contributed by atoms with Crippen molar-refractivity contribution in [3.8, 4) is 5.06 Å². The highest BCUT2D eigenvalue weighted by Gasteiger charge is 2.41. The second-order valence-electron chi connectivity index (χ2n) is 5.59. The maximum atomic E-state index is 12.8. The van der Waals surface area contributed by atoms with Crippen LogP contribution in [0, 0.1) is 0 Å². The number of hydrogen-bond acceptors (Lipinski definition) is 5. The Kier molecular flexibility index (Phi) is 4.15. The summed E-state index contributed by atoms with van der Waals surface area (Å²) in [7, 11) is 0. The van der Waals surface area contributed by atoms with Gasteiger partial charge in [-0.15, -0.1) is 11.3 Å². The number of allylic oxidation sites excluding steroid dienone is 2. The van der Waals surface area contributed by atoms with E-state index in [1.54, 1.807) is 12.3 Å². The number of halogens is 1. The van der Waals surface area contributed by atoms with Crippen LogP contribution in [0.25, 0.3) is 0 Å². The number of aliphatic hydroxyl groups excluding tert-OH is 1. The Hall–Kier alpha value is -2.25. The lowest BCUT2D eigenvalue weighted by Crippen LogP contribution is -2.36. The number of carboxylic acid groups (broad SMARTS) is 1. The summed E-state index contributed by atoms with van der Waals surface area (Å²) >= 11 is 7.07. The fourth-order valence-electron chi connectivity index (χ4n) is 3.06. The van der Waals surface area contributed by atoms with Gasteiger partial charge in [0.15, 0.2) is 5.06 Å². The van der Waals surface area contributed by atoms with Gasteiger partial charge in [-0.05, 0) is 24.1 Å². The molecule has 126 valence electrons. The summed E-state index contributed by atoms with van der Waals surface area (Å²) < 4.78 is 0. The summed E-state index contributed by atoms with van der Waals surface area (Å²) in [5.41, 5.74) is 1.92. The second kappa shape index (κ2) is 5.99. The van der Waals surface area contributed by atoms with Crippen LogP contribution >= 0.6 is 22.9 Å². The minimum Gasteiger partial charge on any atom is -0.507 e. The van der Waals surface area contributed by atoms with E-state index in [1.165, 1.54) is 17.0 Å². The number of aliphatic carboxylic acids is 1. The molecule has 2 heterocycles. The molecule has 0 aromatic carbocycles. The quantitative estimate of drug-likeness (QED) is 0.760. The van der Waals surface area contributed by atoms with Crippen molar-refractivity contribution in [3.05, 3.63) is 50.7 Å². The number of aromatic hydroxyl groups is 1. The van der Waals surface area contributed by atoms with E-state index >= 15 is 0 Å². The molecule has 0 saturated heterocycles. The largest absolute Gasteiger partial charge is 0.507 e. The first-order valence-corrected chi connectivity index (χ1v) is 8.37. The molecule has 1 aliphatic heterocycles. The average molecular weight is 368 g/mol. The molecule has 0 spiro atoms. The van der Waals surface area contributed by atoms with E-state index in [9.17, 15) is 19.8 Å². The summed E-state index contributed by atoms with van der Waals surface area (Å²) in [6.45, 7) is 1.67. The van der Waals surface area contributed by atoms with Crippen LogP contribution in [0.5, 0.6) is 5.06 Å². The minimum absolute atomic E-state index is 0.0277. The van der Waals surface area contributed by atoms with E-state index in [0.29, 0.717) is 22.4 Å². The minimum atomic E-state index is -1.02. The monoisotopic (exact) mass is 367 g/mol. The summed E-state index contributed by atoms with van der Waals surface area (Å²) in [5, 5.41) is 30.3. The van der Waals surface area contributed by atoms with Gasteiger partial charge in [0.2, 0.25) is 0 Å². The fraction of sp³-hybridized carbons (Fsp3) is 0.250. The molecule has 1 atom stereocenters. The SMILES string of the molecule is CC1=C(CC(=O)O)C2=CC(O)=C(Cl)CC2N1C(=O)c1csc(O)c1. The van der Waals surface area contributed by atoms with Gasteiger partial charge in [-0.25, -0.2) is 0 Å². The first-order chi connectivity index (χ1) is 11.3. The van der Waals surface area contributed by atoms with E-state index in [0.717, 1.165) is 11.3 Å². The Bertz CT molecular complexity index is 835. The maximum Gasteiger partial charge on any atom is 0.307 e. The summed E-state index contributed by atoms with van der Waals surface area (Å²) in [4.78, 5) is 25.5. The molecule has 1 aliphatic carbocycles. The van der Waals surface area contributed by atoms with Crippen LogP contribution in [0.2, 0.25) is 0 Å². The number of hydrogen-bond donors (Lipinski definition) is 3. The molecule has 0 fully saturated rings. The summed E-state index contributed by atoms with van der Waals surface area (Å²) in [6, 6.07) is 0.911. The zero-order valence-electron chi connectivity index (χ0n) is 12.6. The Morgan fingerprint density at radius 2 is 2.12 bits per heavy atom. The van der Waals surface area contributed by atoms with Gasteiger partial charge >= 0.3 is 5.97 Å². The molecule has 0 saturated carbocycles. The number of carbonyl (C=O) groups excluding carboxylic acids is 1. The molecule has 8 heteroatoms. The molecule has 1 aromatic heterocycles. The van der Waals surface area contributed by atoms with Crippen molar-refractivity contribution < 1.29 is 24.9 Å². The van der Waals surface area contributed by atoms with Crippen molar-refractivity contribution in [1.82, 2.24) is 4.90 Å². The van der Waals surface area contributed by atoms with Gasteiger partial charge in [-0.2, -0.15) is 0 Å². The molecule has 6 nitrogen and oxygen atoms in total. The first kappa shape index (κ1) is 16.6. The second-order valence-corrected chi connectivity index (χ2v) is 6.94. The molecule has 0 radical (unpaired) electrons. The van der Waals surface area contributed by atoms with Crippen LogP contribution in [0.1, 0.15) is 30.1 Å². The van der Waals surface area contributed by atoms with Crippen LogP contribution in [0.4, 0.5) is 0 Å². The van der Waals surface area contributed by atoms with Gasteiger partial charge in [0.05, 0.1) is 23.1 Å². The normalized spacial score (nSPS) is 20.3. The van der Waals surface area contributed by atoms with Crippen molar-refractivity contribution in [3.63, 3.8) is 0 Å². The molecule has 24 heavy (non-hydrogen) atoms. The van der Waals surface area contributed by atoms with Crippen LogP contribution < -0.4 is 0 Å². The predicted molar refractivity (Wildman–Crippen MR) is 89.1 cm³/mol. The van der Waals surface area contributed by atoms with E-state index in [2.05, 4.69) is 0 Å². The lowest BCUT2D eigenvalue weighted by Gasteiger charge is -2.29. The highest BCUT2D eigenvalue weighted by molar-refractivity contribution is 7.12. The zero-order chi connectivity index (χ0) is 17.6. The summed E-state index contributed by atoms with van der Waals surface area (Å²) in [5.74, 6) is -1.47. The Labute approximate surface area is 146 Å². The maximum absolute atomic E-state index is 12.8. The molecule has 3 rings (SSSR count). The van der Waals surface area contributed by atoms with Gasteiger partial charge in [0.25, 0.3) is 5.91 Å². The number of rotatable bonds is 3. The number of nitrogens with zero attached hydrogens (tertiary/aromatic N) is 1. The van der Waals surface area contributed by atoms with Crippen molar-refractivity contribution >= 4 is 34.8 Å². The number of amides is 1. The number of carboxylic acids is 1. The van der Waals surface area contributed by atoms with Crippen molar-refractivity contribution in [2.75, 3.05) is 0 Å². The number of carbonyl (C=O) groups is 2. The van der Waals surface area contributed by atoms with Gasteiger partial charge < -0.3 is 20.2 Å². The van der Waals surface area contributed by atoms with Gasteiger partial charge in [0.1, 0.15) is 5.76 Å². The van der Waals surface area contributed by atoms with Crippen molar-refractivity contribution in [2.45, 2.75) is 25.8 Å². The highest BCUT2D eigenvalue weighted by Crippen LogP contribution is 2.43. The van der Waals surface area contributed by atoms with Crippen LogP contribution in [-0.2, 0) is 4.79 Å². The third-order valence-corrected chi connectivity index (χ3v) is 5.22. The highest BCUT2D eigenvalue weighted by atomic mass is 35.5. The predicted octanol–water partition coefficient (Wildman–Crippen LogP) is 3.37. The molecule has 3 N–H and O–H groups in total. The Morgan fingerprint density at radius 1 is 1.42 bits per heavy atom. The van der Waals surface area contributed by atoms with Gasteiger partial charge in [0, 0.05) is 23.6 Å². The van der Waals surface area contributed by atoms with Crippen molar-refractivity contribution in [1.29, 1.82) is 0 Å². The standard InChI is InChI=1S/C16H14ClNO5S/c1-7-9(4-14(20)21)10-3-13(19)11(17)5-12(10)18(7)16(23)8-2-15(22)24-6-8/h2-3,6,12,19,22H,4-5H2,1H3,(H,20,21). The molecular weight excluding hydrogens is 354 g/mol. The molecule has 1 amide bonds. The molecule has 0 bridgehead atoms. The van der Waals surface area contributed by atoms with Crippen LogP contribution in [-0.4, -0.2) is 38.1 Å². The topological polar surface area (TPSA) is 98.1 Å². The first-order valence-electron chi connectivity index (χ1n) is 7.11. The molecular formula is C16H14ClNO5S. The summed E-state index contributed by atoms with van der Waals surface area (Å²) in [6.07, 6.45) is 1.38. The number of thiophene rings is 1. The fourth-order valence-corrected chi connectivity index (χ4v) is 3.88. The Balaban J connectivity index is 2.06. The number of fused-ring (bicyclic) bond motifs is 1. The molecule has 1 aromatic rings. The number of aliphatic hydroxyl groups is 1. The smallest absolute Gasteiger partial charge is 0.307 e. The van der Waals surface area contributed by atoms with Gasteiger partial charge in [-0.3, -0.25) is 9.59 Å². The third-order valence-electron chi connectivity index (χ3n) is 4.14. The Morgan fingerprint density at radius 3 is 2.71 bits per heavy atom. The molecule has 1 unspecified atom stereocenters.